The number of para-hydroxylation sites is 2. The summed E-state index contributed by atoms with van der Waals surface area (Å²) in [6.45, 7) is 8.94. The molecule has 0 radical (unpaired) electrons. The van der Waals surface area contributed by atoms with Gasteiger partial charge in [-0.3, -0.25) is 0 Å². The fourth-order valence-electron chi connectivity index (χ4n) is 2.83. The number of benzene rings is 2. The monoisotopic (exact) mass is 264 g/mol. The fraction of sp³-hybridized carbons (Fsp3) is 0.333. The molecule has 0 atom stereocenters. The van der Waals surface area contributed by atoms with Gasteiger partial charge >= 0.3 is 0 Å². The van der Waals surface area contributed by atoms with E-state index in [-0.39, 0.29) is 0 Å². The Balaban J connectivity index is 2.42. The van der Waals surface area contributed by atoms with Crippen molar-refractivity contribution in [2.24, 2.45) is 0 Å². The molecule has 0 aliphatic carbocycles. The van der Waals surface area contributed by atoms with Crippen molar-refractivity contribution < 1.29 is 0 Å². The average Bonchev–Trinajstić information content (AvgIpc) is 2.43. The first-order chi connectivity index (χ1) is 9.58. The van der Waals surface area contributed by atoms with Gasteiger partial charge in [-0.05, 0) is 41.2 Å². The van der Waals surface area contributed by atoms with E-state index in [1.165, 1.54) is 11.1 Å². The molecule has 0 N–H and O–H groups in total. The number of aromatic nitrogens is 2. The molecule has 0 unspecified atom stereocenters. The maximum Gasteiger partial charge on any atom is 0.0932 e. The molecule has 0 fully saturated rings. The molecule has 20 heavy (non-hydrogen) atoms. The van der Waals surface area contributed by atoms with E-state index in [0.29, 0.717) is 11.8 Å². The zero-order valence-corrected chi connectivity index (χ0v) is 12.5. The highest BCUT2D eigenvalue weighted by molar-refractivity contribution is 5.89. The molecular weight excluding hydrogens is 244 g/mol. The van der Waals surface area contributed by atoms with Gasteiger partial charge in [0.05, 0.1) is 22.1 Å². The zero-order valence-electron chi connectivity index (χ0n) is 12.5. The Morgan fingerprint density at radius 1 is 0.700 bits per heavy atom. The molecule has 102 valence electrons. The highest BCUT2D eigenvalue weighted by Gasteiger charge is 2.15. The summed E-state index contributed by atoms with van der Waals surface area (Å²) in [5.41, 5.74) is 6.73. The first kappa shape index (κ1) is 13.0. The minimum absolute atomic E-state index is 0.451. The summed E-state index contributed by atoms with van der Waals surface area (Å²) in [5, 5.41) is 0. The van der Waals surface area contributed by atoms with Crippen LogP contribution in [0.5, 0.6) is 0 Å². The van der Waals surface area contributed by atoms with Crippen LogP contribution in [0.3, 0.4) is 0 Å². The third-order valence-corrected chi connectivity index (χ3v) is 3.78. The van der Waals surface area contributed by atoms with E-state index < -0.39 is 0 Å². The lowest BCUT2D eigenvalue weighted by atomic mass is 9.89. The zero-order chi connectivity index (χ0) is 14.3. The lowest BCUT2D eigenvalue weighted by molar-refractivity contribution is 0.795. The lowest BCUT2D eigenvalue weighted by Crippen LogP contribution is -2.02. The van der Waals surface area contributed by atoms with E-state index in [9.17, 15) is 0 Å². The van der Waals surface area contributed by atoms with E-state index in [1.54, 1.807) is 0 Å². The normalized spacial score (nSPS) is 11.9. The number of nitrogens with zero attached hydrogens (tertiary/aromatic N) is 2. The van der Waals surface area contributed by atoms with Gasteiger partial charge in [0, 0.05) is 0 Å². The summed E-state index contributed by atoms with van der Waals surface area (Å²) in [6.07, 6.45) is 0. The average molecular weight is 264 g/mol. The maximum atomic E-state index is 4.88. The van der Waals surface area contributed by atoms with Crippen LogP contribution in [0.25, 0.3) is 22.1 Å². The molecule has 0 amide bonds. The van der Waals surface area contributed by atoms with Crippen LogP contribution in [-0.2, 0) is 0 Å². The van der Waals surface area contributed by atoms with Crippen LogP contribution < -0.4 is 0 Å². The predicted octanol–water partition coefficient (Wildman–Crippen LogP) is 5.03. The van der Waals surface area contributed by atoms with Crippen LogP contribution in [0.15, 0.2) is 36.4 Å². The third kappa shape index (κ3) is 2.05. The van der Waals surface area contributed by atoms with E-state index in [1.807, 2.05) is 24.3 Å². The molecular formula is C18H20N2. The van der Waals surface area contributed by atoms with Crippen molar-refractivity contribution in [3.05, 3.63) is 47.5 Å². The van der Waals surface area contributed by atoms with E-state index >= 15 is 0 Å². The summed E-state index contributed by atoms with van der Waals surface area (Å²) < 4.78 is 0. The molecule has 0 saturated heterocycles. The molecule has 0 saturated carbocycles. The second kappa shape index (κ2) is 4.86. The topological polar surface area (TPSA) is 25.8 Å². The molecule has 2 aromatic carbocycles. The molecule has 0 bridgehead atoms. The van der Waals surface area contributed by atoms with Crippen molar-refractivity contribution >= 4 is 22.1 Å². The van der Waals surface area contributed by atoms with Gasteiger partial charge in [-0.15, -0.1) is 0 Å². The minimum atomic E-state index is 0.451. The van der Waals surface area contributed by atoms with Crippen molar-refractivity contribution in [2.75, 3.05) is 0 Å². The van der Waals surface area contributed by atoms with Gasteiger partial charge in [-0.25, -0.2) is 9.97 Å². The van der Waals surface area contributed by atoms with Gasteiger partial charge in [0.2, 0.25) is 0 Å². The maximum absolute atomic E-state index is 4.88. The second-order valence-corrected chi connectivity index (χ2v) is 5.96. The standard InChI is InChI=1S/C18H20N2/c1-11(2)13-9-10-16-18(17(13)12(3)4)20-15-8-6-5-7-14(15)19-16/h5-12H,1-4H3. The van der Waals surface area contributed by atoms with Gasteiger partial charge in [0.1, 0.15) is 0 Å². The largest absolute Gasteiger partial charge is 0.244 e. The van der Waals surface area contributed by atoms with Crippen molar-refractivity contribution in [1.29, 1.82) is 0 Å². The van der Waals surface area contributed by atoms with Crippen molar-refractivity contribution in [3.8, 4) is 0 Å². The van der Waals surface area contributed by atoms with Crippen LogP contribution in [0.4, 0.5) is 0 Å². The van der Waals surface area contributed by atoms with E-state index in [2.05, 4.69) is 39.8 Å². The first-order valence-corrected chi connectivity index (χ1v) is 7.27. The van der Waals surface area contributed by atoms with Crippen LogP contribution in [0.1, 0.15) is 50.7 Å². The van der Waals surface area contributed by atoms with Crippen LogP contribution in [0, 0.1) is 0 Å². The van der Waals surface area contributed by atoms with Crippen LogP contribution >= 0.6 is 0 Å². The highest BCUT2D eigenvalue weighted by Crippen LogP contribution is 2.32. The SMILES string of the molecule is CC(C)c1ccc2nc3ccccc3nc2c1C(C)C. The molecule has 2 nitrogen and oxygen atoms in total. The van der Waals surface area contributed by atoms with Gasteiger partial charge in [0.25, 0.3) is 0 Å². The summed E-state index contributed by atoms with van der Waals surface area (Å²) in [7, 11) is 0. The summed E-state index contributed by atoms with van der Waals surface area (Å²) >= 11 is 0. The van der Waals surface area contributed by atoms with Crippen molar-refractivity contribution in [1.82, 2.24) is 9.97 Å². The quantitative estimate of drug-likeness (QED) is 0.607. The second-order valence-electron chi connectivity index (χ2n) is 5.96. The first-order valence-electron chi connectivity index (χ1n) is 7.27. The Kier molecular flexibility index (Phi) is 3.17. The third-order valence-electron chi connectivity index (χ3n) is 3.78. The summed E-state index contributed by atoms with van der Waals surface area (Å²) in [4.78, 5) is 9.64. The van der Waals surface area contributed by atoms with Crippen LogP contribution in [-0.4, -0.2) is 9.97 Å². The molecule has 0 spiro atoms. The smallest absolute Gasteiger partial charge is 0.0932 e. The van der Waals surface area contributed by atoms with E-state index in [4.69, 9.17) is 9.97 Å². The van der Waals surface area contributed by atoms with Gasteiger partial charge in [0.15, 0.2) is 0 Å². The Morgan fingerprint density at radius 2 is 1.35 bits per heavy atom. The molecule has 3 aromatic rings. The van der Waals surface area contributed by atoms with Gasteiger partial charge in [-0.1, -0.05) is 45.9 Å². The minimum Gasteiger partial charge on any atom is -0.244 e. The number of rotatable bonds is 2. The lowest BCUT2D eigenvalue weighted by Gasteiger charge is -2.18. The molecule has 1 heterocycles. The fourth-order valence-corrected chi connectivity index (χ4v) is 2.83. The molecule has 2 heteroatoms. The number of hydrogen-bond acceptors (Lipinski definition) is 2. The van der Waals surface area contributed by atoms with E-state index in [0.717, 1.165) is 22.1 Å². The van der Waals surface area contributed by atoms with Gasteiger partial charge in [-0.2, -0.15) is 0 Å². The molecule has 3 rings (SSSR count). The summed E-state index contributed by atoms with van der Waals surface area (Å²) in [6, 6.07) is 12.4. The Bertz CT molecular complexity index is 773. The Labute approximate surface area is 119 Å². The number of fused-ring (bicyclic) bond motifs is 2. The molecule has 0 aliphatic rings. The molecule has 1 aromatic heterocycles. The highest BCUT2D eigenvalue weighted by atomic mass is 14.8. The molecule has 0 aliphatic heterocycles. The van der Waals surface area contributed by atoms with Crippen molar-refractivity contribution in [2.45, 2.75) is 39.5 Å². The van der Waals surface area contributed by atoms with Crippen molar-refractivity contribution in [3.63, 3.8) is 0 Å². The Hall–Kier alpha value is -1.96. The van der Waals surface area contributed by atoms with Gasteiger partial charge < -0.3 is 0 Å². The predicted molar refractivity (Wildman–Crippen MR) is 85.2 cm³/mol. The number of hydrogen-bond donors (Lipinski definition) is 0. The summed E-state index contributed by atoms with van der Waals surface area (Å²) in [5.74, 6) is 0.955. The Morgan fingerprint density at radius 3 is 1.95 bits per heavy atom. The van der Waals surface area contributed by atoms with Crippen LogP contribution in [0.2, 0.25) is 0 Å².